The average molecular weight is 294 g/mol. The maximum absolute atomic E-state index is 12.8. The molecule has 0 N–H and O–H groups in total. The van der Waals surface area contributed by atoms with Gasteiger partial charge in [-0.05, 0) is 35.0 Å². The van der Waals surface area contributed by atoms with Crippen molar-refractivity contribution < 1.29 is 4.79 Å². The fraction of sp³-hybridized carbons (Fsp3) is 0.947. The fourth-order valence-electron chi connectivity index (χ4n) is 3.36. The fourth-order valence-corrected chi connectivity index (χ4v) is 3.36. The van der Waals surface area contributed by atoms with Gasteiger partial charge in [0.25, 0.3) is 0 Å². The van der Waals surface area contributed by atoms with Gasteiger partial charge >= 0.3 is 0 Å². The lowest BCUT2D eigenvalue weighted by atomic mass is 9.53. The molecule has 0 amide bonds. The summed E-state index contributed by atoms with van der Waals surface area (Å²) in [4.78, 5) is 12.8. The molecular weight excluding hydrogens is 255 g/mol. The zero-order chi connectivity index (χ0) is 17.1. The van der Waals surface area contributed by atoms with Gasteiger partial charge in [-0.25, -0.2) is 0 Å². The van der Waals surface area contributed by atoms with Gasteiger partial charge in [-0.2, -0.15) is 0 Å². The summed E-state index contributed by atoms with van der Waals surface area (Å²) in [6.45, 7) is 22.5. The van der Waals surface area contributed by atoms with Crippen LogP contribution >= 0.6 is 0 Å². The Labute approximate surface area is 134 Å². The number of carbonyl (C=O) groups is 1. The van der Waals surface area contributed by atoms with Crippen LogP contribution in [0.5, 0.6) is 0 Å². The first-order valence-corrected chi connectivity index (χ1v) is 8.67. The molecule has 1 nitrogen and oxygen atoms in total. The second kappa shape index (κ2) is 7.33. The first-order valence-electron chi connectivity index (χ1n) is 8.67. The summed E-state index contributed by atoms with van der Waals surface area (Å²) in [6, 6.07) is 0. The molecule has 0 saturated carbocycles. The molecule has 0 aliphatic carbocycles. The van der Waals surface area contributed by atoms with E-state index in [1.807, 2.05) is 0 Å². The molecule has 124 valence electrons. The van der Waals surface area contributed by atoms with Crippen molar-refractivity contribution in [2.24, 2.45) is 28.1 Å². The first kappa shape index (κ1) is 20.7. The second-order valence-electron chi connectivity index (χ2n) is 10.4. The Balaban J connectivity index is 4.78. The van der Waals surface area contributed by atoms with E-state index in [2.05, 4.69) is 69.2 Å². The van der Waals surface area contributed by atoms with E-state index in [9.17, 15) is 4.79 Å². The maximum atomic E-state index is 12.8. The Morgan fingerprint density at radius 1 is 0.905 bits per heavy atom. The van der Waals surface area contributed by atoms with Gasteiger partial charge in [-0.3, -0.25) is 0 Å². The van der Waals surface area contributed by atoms with E-state index in [0.29, 0.717) is 11.6 Å². The van der Waals surface area contributed by atoms with E-state index in [1.54, 1.807) is 0 Å². The van der Waals surface area contributed by atoms with E-state index in [0.717, 1.165) is 20.0 Å². The van der Waals surface area contributed by atoms with Crippen molar-refractivity contribution in [3.05, 3.63) is 0 Å². The van der Waals surface area contributed by atoms with Gasteiger partial charge in [-0.15, -0.1) is 0 Å². The van der Waals surface area contributed by atoms with E-state index in [-0.39, 0.29) is 22.2 Å². The van der Waals surface area contributed by atoms with Gasteiger partial charge in [0, 0.05) is 5.92 Å². The van der Waals surface area contributed by atoms with Crippen molar-refractivity contribution in [2.45, 2.75) is 88.4 Å². The topological polar surface area (TPSA) is 17.1 Å². The van der Waals surface area contributed by atoms with Crippen LogP contribution in [0.25, 0.3) is 0 Å². The maximum Gasteiger partial charge on any atom is 0.206 e. The molecule has 1 unspecified atom stereocenters. The van der Waals surface area contributed by atoms with E-state index in [1.165, 1.54) is 6.42 Å². The lowest BCUT2D eigenvalue weighted by Crippen LogP contribution is -2.36. The van der Waals surface area contributed by atoms with Gasteiger partial charge < -0.3 is 4.79 Å². The largest absolute Gasteiger partial charge is 0.311 e. The predicted octanol–water partition coefficient (Wildman–Crippen LogP) is 5.54. The third-order valence-corrected chi connectivity index (χ3v) is 4.26. The molecule has 0 heterocycles. The van der Waals surface area contributed by atoms with Crippen LogP contribution < -0.4 is 0 Å². The Hall–Kier alpha value is -0.265. The van der Waals surface area contributed by atoms with Crippen molar-refractivity contribution in [2.75, 3.05) is 0 Å². The van der Waals surface area contributed by atoms with Crippen LogP contribution in [-0.4, -0.2) is 13.0 Å². The molecule has 0 aromatic carbocycles. The third kappa shape index (κ3) is 9.37. The highest BCUT2D eigenvalue weighted by atomic mass is 16.1. The number of hydrogen-bond acceptors (Lipinski definition) is 1. The van der Waals surface area contributed by atoms with Crippen LogP contribution in [0, 0.1) is 28.1 Å². The Morgan fingerprint density at radius 3 is 1.71 bits per heavy atom. The smallest absolute Gasteiger partial charge is 0.206 e. The van der Waals surface area contributed by atoms with E-state index >= 15 is 0 Å². The molecule has 1 atom stereocenters. The highest BCUT2D eigenvalue weighted by molar-refractivity contribution is 6.74. The lowest BCUT2D eigenvalue weighted by Gasteiger charge is -2.35. The molecule has 0 rings (SSSR count). The molecule has 0 spiro atoms. The van der Waals surface area contributed by atoms with Crippen molar-refractivity contribution in [3.8, 4) is 0 Å². The predicted molar refractivity (Wildman–Crippen MR) is 97.2 cm³/mol. The average Bonchev–Trinajstić information content (AvgIpc) is 2.18. The zero-order valence-electron chi connectivity index (χ0n) is 16.4. The summed E-state index contributed by atoms with van der Waals surface area (Å²) in [5.74, 6) is 0.871. The Kier molecular flexibility index (Phi) is 7.24. The Morgan fingerprint density at radius 2 is 1.38 bits per heavy atom. The van der Waals surface area contributed by atoms with Crippen molar-refractivity contribution >= 4 is 13.0 Å². The zero-order valence-corrected chi connectivity index (χ0v) is 16.4. The van der Waals surface area contributed by atoms with Crippen LogP contribution in [0.1, 0.15) is 82.1 Å². The van der Waals surface area contributed by atoms with E-state index in [4.69, 9.17) is 0 Å². The molecular formula is C19H39BO. The summed E-state index contributed by atoms with van der Waals surface area (Å²) >= 11 is 0. The van der Waals surface area contributed by atoms with Gasteiger partial charge in [0.15, 0.2) is 0 Å². The van der Waals surface area contributed by atoms with Crippen molar-refractivity contribution in [1.29, 1.82) is 0 Å². The van der Waals surface area contributed by atoms with Gasteiger partial charge in [0.05, 0.1) is 5.68 Å². The quantitative estimate of drug-likeness (QED) is 0.563. The molecule has 0 aromatic heterocycles. The SMILES string of the molecule is CC(C)CC(C)(C)CBC(=O)C(CC(C)(C)C)C(C)(C)C. The summed E-state index contributed by atoms with van der Waals surface area (Å²) in [5, 5.41) is 0. The molecule has 0 fully saturated rings. The van der Waals surface area contributed by atoms with Crippen molar-refractivity contribution in [1.82, 2.24) is 0 Å². The minimum Gasteiger partial charge on any atom is -0.311 e. The molecule has 0 radical (unpaired) electrons. The van der Waals surface area contributed by atoms with Crippen LogP contribution in [0.4, 0.5) is 0 Å². The van der Waals surface area contributed by atoms with Gasteiger partial charge in [-0.1, -0.05) is 75.6 Å². The normalized spacial score (nSPS) is 15.2. The first-order chi connectivity index (χ1) is 9.14. The van der Waals surface area contributed by atoms with Gasteiger partial charge in [0.2, 0.25) is 7.28 Å². The van der Waals surface area contributed by atoms with Crippen LogP contribution in [-0.2, 0) is 4.79 Å². The number of rotatable bonds is 7. The van der Waals surface area contributed by atoms with E-state index < -0.39 is 0 Å². The standard InChI is InChI=1S/C19H39BO/c1-14(2)11-19(9,10)13-20-16(21)15(18(6,7)8)12-17(3,4)5/h14-15,20H,11-13H2,1-10H3. The van der Waals surface area contributed by atoms with Gasteiger partial charge in [0.1, 0.15) is 0 Å². The molecule has 2 heteroatoms. The minimum atomic E-state index is 0.0621. The molecule has 0 bridgehead atoms. The molecule has 0 aliphatic rings. The lowest BCUT2D eigenvalue weighted by molar-refractivity contribution is -0.119. The monoisotopic (exact) mass is 294 g/mol. The van der Waals surface area contributed by atoms with Crippen LogP contribution in [0.2, 0.25) is 6.32 Å². The van der Waals surface area contributed by atoms with Crippen molar-refractivity contribution in [3.63, 3.8) is 0 Å². The second-order valence-corrected chi connectivity index (χ2v) is 10.4. The molecule has 21 heavy (non-hydrogen) atoms. The summed E-state index contributed by atoms with van der Waals surface area (Å²) in [6.07, 6.45) is 3.19. The van der Waals surface area contributed by atoms with Crippen LogP contribution in [0.15, 0.2) is 0 Å². The van der Waals surface area contributed by atoms with Crippen LogP contribution in [0.3, 0.4) is 0 Å². The summed E-state index contributed by atoms with van der Waals surface area (Å²) in [7, 11) is 0.734. The third-order valence-electron chi connectivity index (χ3n) is 4.26. The minimum absolute atomic E-state index is 0.0621. The summed E-state index contributed by atoms with van der Waals surface area (Å²) < 4.78 is 0. The number of carbonyl (C=O) groups excluding carboxylic acids is 1. The Bertz CT molecular complexity index is 328. The molecule has 0 aromatic rings. The highest BCUT2D eigenvalue weighted by Gasteiger charge is 2.35. The molecule has 0 saturated heterocycles. The molecule has 0 aliphatic heterocycles. The summed E-state index contributed by atoms with van der Waals surface area (Å²) in [5.41, 5.74) is 1.01. The number of hydrogen-bond donors (Lipinski definition) is 0. The highest BCUT2D eigenvalue weighted by Crippen LogP contribution is 2.37.